The van der Waals surface area contributed by atoms with Crippen molar-refractivity contribution >= 4 is 39.0 Å². The lowest BCUT2D eigenvalue weighted by molar-refractivity contribution is -0.117. The van der Waals surface area contributed by atoms with E-state index >= 15 is 0 Å². The largest absolute Gasteiger partial charge is 0.478 e. The normalized spacial score (nSPS) is 17.2. The predicted octanol–water partition coefficient (Wildman–Crippen LogP) is 1.91. The van der Waals surface area contributed by atoms with Crippen LogP contribution in [0.2, 0.25) is 0 Å². The number of nitrogens with zero attached hydrogens (tertiary/aromatic N) is 4. The number of primary sulfonamides is 1. The van der Waals surface area contributed by atoms with Crippen molar-refractivity contribution in [2.45, 2.75) is 17.9 Å². The number of carbonyl (C=O) groups is 2. The lowest BCUT2D eigenvalue weighted by Gasteiger charge is -2.11. The Bertz CT molecular complexity index is 1110. The number of hydrazone groups is 1. The molecule has 0 spiro atoms. The molecule has 3 N–H and O–H groups in total. The van der Waals surface area contributed by atoms with Gasteiger partial charge in [-0.1, -0.05) is 18.2 Å². The SMILES string of the molecule is CC1=NN(c2ccccc2)C(=O)C1N=Nc1ccc(S(N)(=O)=O)cc1C(=O)O. The topological polar surface area (TPSA) is 155 Å². The van der Waals surface area contributed by atoms with E-state index in [0.29, 0.717) is 11.4 Å². The number of amides is 1. The minimum absolute atomic E-state index is 0.112. The first kappa shape index (κ1) is 19.3. The number of nitrogens with two attached hydrogens (primary N) is 1. The van der Waals surface area contributed by atoms with Crippen LogP contribution in [0.4, 0.5) is 11.4 Å². The molecule has 0 radical (unpaired) electrons. The molecule has 0 aromatic heterocycles. The van der Waals surface area contributed by atoms with Crippen molar-refractivity contribution in [1.29, 1.82) is 0 Å². The summed E-state index contributed by atoms with van der Waals surface area (Å²) in [5.74, 6) is -1.85. The molecular weight excluding hydrogens is 386 g/mol. The molecule has 1 aliphatic rings. The lowest BCUT2D eigenvalue weighted by atomic mass is 10.2. The molecule has 144 valence electrons. The molecular formula is C17H15N5O5S. The van der Waals surface area contributed by atoms with Crippen LogP contribution in [0.3, 0.4) is 0 Å². The number of carbonyl (C=O) groups excluding carboxylic acids is 1. The summed E-state index contributed by atoms with van der Waals surface area (Å²) in [6, 6.07) is 10.9. The van der Waals surface area contributed by atoms with Gasteiger partial charge in [0.25, 0.3) is 5.91 Å². The number of sulfonamides is 1. The van der Waals surface area contributed by atoms with Crippen LogP contribution in [0.15, 0.2) is 68.8 Å². The summed E-state index contributed by atoms with van der Waals surface area (Å²) in [7, 11) is -4.08. The Balaban J connectivity index is 1.91. The molecule has 0 saturated carbocycles. The molecule has 2 aromatic carbocycles. The summed E-state index contributed by atoms with van der Waals surface area (Å²) in [6.07, 6.45) is 0. The van der Waals surface area contributed by atoms with E-state index in [1.807, 2.05) is 0 Å². The molecule has 2 aromatic rings. The molecule has 3 rings (SSSR count). The summed E-state index contributed by atoms with van der Waals surface area (Å²) in [5.41, 5.74) is 0.429. The Kier molecular flexibility index (Phi) is 5.03. The van der Waals surface area contributed by atoms with Crippen molar-refractivity contribution in [3.05, 3.63) is 54.1 Å². The van der Waals surface area contributed by atoms with Gasteiger partial charge in [0.1, 0.15) is 0 Å². The molecule has 1 atom stereocenters. The molecule has 1 heterocycles. The van der Waals surface area contributed by atoms with Crippen molar-refractivity contribution in [2.75, 3.05) is 5.01 Å². The van der Waals surface area contributed by atoms with E-state index in [1.54, 1.807) is 37.3 Å². The van der Waals surface area contributed by atoms with Gasteiger partial charge in [0.15, 0.2) is 6.04 Å². The second-order valence-electron chi connectivity index (χ2n) is 5.87. The minimum Gasteiger partial charge on any atom is -0.478 e. The molecule has 0 saturated heterocycles. The van der Waals surface area contributed by atoms with Crippen molar-refractivity contribution in [3.8, 4) is 0 Å². The van der Waals surface area contributed by atoms with E-state index in [-0.39, 0.29) is 10.6 Å². The third kappa shape index (κ3) is 3.80. The number of azo groups is 1. The van der Waals surface area contributed by atoms with Crippen LogP contribution in [0, 0.1) is 0 Å². The molecule has 1 aliphatic heterocycles. The highest BCUT2D eigenvalue weighted by atomic mass is 32.2. The Morgan fingerprint density at radius 3 is 2.50 bits per heavy atom. The summed E-state index contributed by atoms with van der Waals surface area (Å²) >= 11 is 0. The maximum absolute atomic E-state index is 12.6. The van der Waals surface area contributed by atoms with Crippen molar-refractivity contribution in [2.24, 2.45) is 20.5 Å². The predicted molar refractivity (Wildman–Crippen MR) is 100 cm³/mol. The zero-order chi connectivity index (χ0) is 20.5. The van der Waals surface area contributed by atoms with Gasteiger partial charge in [0.2, 0.25) is 10.0 Å². The molecule has 28 heavy (non-hydrogen) atoms. The number of benzene rings is 2. The van der Waals surface area contributed by atoms with E-state index in [1.165, 1.54) is 5.01 Å². The van der Waals surface area contributed by atoms with E-state index in [4.69, 9.17) is 5.14 Å². The maximum atomic E-state index is 12.6. The lowest BCUT2D eigenvalue weighted by Crippen LogP contribution is -2.29. The zero-order valence-electron chi connectivity index (χ0n) is 14.6. The fourth-order valence-electron chi connectivity index (χ4n) is 2.51. The Morgan fingerprint density at radius 2 is 1.89 bits per heavy atom. The van der Waals surface area contributed by atoms with Crippen LogP contribution < -0.4 is 10.1 Å². The third-order valence-electron chi connectivity index (χ3n) is 3.90. The number of hydrogen-bond donors (Lipinski definition) is 2. The maximum Gasteiger partial charge on any atom is 0.338 e. The highest BCUT2D eigenvalue weighted by Gasteiger charge is 2.34. The minimum atomic E-state index is -4.08. The van der Waals surface area contributed by atoms with E-state index in [9.17, 15) is 23.1 Å². The third-order valence-corrected chi connectivity index (χ3v) is 4.82. The summed E-state index contributed by atoms with van der Waals surface area (Å²) in [4.78, 5) is 23.6. The quantitative estimate of drug-likeness (QED) is 0.732. The van der Waals surface area contributed by atoms with Crippen LogP contribution in [0.5, 0.6) is 0 Å². The smallest absolute Gasteiger partial charge is 0.338 e. The fraction of sp³-hybridized carbons (Fsp3) is 0.118. The zero-order valence-corrected chi connectivity index (χ0v) is 15.4. The van der Waals surface area contributed by atoms with E-state index in [2.05, 4.69) is 15.3 Å². The summed E-state index contributed by atoms with van der Waals surface area (Å²) in [5, 5.41) is 27.5. The average molecular weight is 401 g/mol. The van der Waals surface area contributed by atoms with Gasteiger partial charge >= 0.3 is 5.97 Å². The average Bonchev–Trinajstić information content (AvgIpc) is 2.93. The number of anilines is 1. The van der Waals surface area contributed by atoms with E-state index in [0.717, 1.165) is 18.2 Å². The summed E-state index contributed by atoms with van der Waals surface area (Å²) in [6.45, 7) is 1.60. The van der Waals surface area contributed by atoms with E-state index < -0.39 is 33.5 Å². The first-order chi connectivity index (χ1) is 13.2. The van der Waals surface area contributed by atoms with Crippen molar-refractivity contribution in [3.63, 3.8) is 0 Å². The second-order valence-corrected chi connectivity index (χ2v) is 7.44. The molecule has 0 bridgehead atoms. The van der Waals surface area contributed by atoms with Gasteiger partial charge in [-0.25, -0.2) is 18.4 Å². The fourth-order valence-corrected chi connectivity index (χ4v) is 3.05. The number of carboxylic acids is 1. The monoisotopic (exact) mass is 401 g/mol. The number of para-hydroxylation sites is 1. The first-order valence-corrected chi connectivity index (χ1v) is 9.48. The van der Waals surface area contributed by atoms with Gasteiger partial charge in [0.05, 0.1) is 27.5 Å². The molecule has 10 nitrogen and oxygen atoms in total. The van der Waals surface area contributed by atoms with Crippen LogP contribution in [0.25, 0.3) is 0 Å². The van der Waals surface area contributed by atoms with Crippen LogP contribution in [0.1, 0.15) is 17.3 Å². The van der Waals surface area contributed by atoms with Gasteiger partial charge in [-0.2, -0.15) is 20.3 Å². The molecule has 1 amide bonds. The van der Waals surface area contributed by atoms with Gasteiger partial charge in [0, 0.05) is 0 Å². The first-order valence-electron chi connectivity index (χ1n) is 7.93. The van der Waals surface area contributed by atoms with Gasteiger partial charge < -0.3 is 5.11 Å². The molecule has 0 fully saturated rings. The van der Waals surface area contributed by atoms with Crippen LogP contribution >= 0.6 is 0 Å². The number of aromatic carboxylic acids is 1. The van der Waals surface area contributed by atoms with Gasteiger partial charge in [-0.3, -0.25) is 4.79 Å². The van der Waals surface area contributed by atoms with Crippen LogP contribution in [-0.4, -0.2) is 37.2 Å². The van der Waals surface area contributed by atoms with Crippen molar-refractivity contribution < 1.29 is 23.1 Å². The molecule has 0 aliphatic carbocycles. The molecule has 1 unspecified atom stereocenters. The number of carboxylic acid groups (broad SMARTS) is 1. The number of hydrogen-bond acceptors (Lipinski definition) is 7. The molecule has 11 heteroatoms. The highest BCUT2D eigenvalue weighted by molar-refractivity contribution is 7.89. The summed E-state index contributed by atoms with van der Waals surface area (Å²) < 4.78 is 22.8. The Morgan fingerprint density at radius 1 is 1.21 bits per heavy atom. The van der Waals surface area contributed by atoms with Gasteiger partial charge in [-0.15, -0.1) is 0 Å². The number of rotatable bonds is 5. The highest BCUT2D eigenvalue weighted by Crippen LogP contribution is 2.26. The van der Waals surface area contributed by atoms with Gasteiger partial charge in [-0.05, 0) is 37.3 Å². The Labute approximate surface area is 160 Å². The van der Waals surface area contributed by atoms with Crippen molar-refractivity contribution in [1.82, 2.24) is 0 Å². The second kappa shape index (κ2) is 7.29. The van der Waals surface area contributed by atoms with Crippen LogP contribution in [-0.2, 0) is 14.8 Å². The Hall–Kier alpha value is -3.44. The standard InChI is InChI=1S/C17H15N5O5S/c1-10-15(16(23)22(21-10)11-5-3-2-4-6-11)20-19-14-8-7-12(28(18,26)27)9-13(14)17(24)25/h2-9,15H,1H3,(H,24,25)(H2,18,26,27).